The van der Waals surface area contributed by atoms with Crippen LogP contribution in [0.4, 0.5) is 0 Å². The zero-order chi connectivity index (χ0) is 29.2. The number of hydrogen-bond acceptors (Lipinski definition) is 5. The highest BCUT2D eigenvalue weighted by Crippen LogP contribution is 2.35. The number of rotatable bonds is 8. The lowest BCUT2D eigenvalue weighted by Gasteiger charge is -2.27. The third-order valence-electron chi connectivity index (χ3n) is 8.10. The van der Waals surface area contributed by atoms with Gasteiger partial charge in [0, 0.05) is 35.1 Å². The predicted molar refractivity (Wildman–Crippen MR) is 167 cm³/mol. The van der Waals surface area contributed by atoms with Gasteiger partial charge in [-0.05, 0) is 78.4 Å². The van der Waals surface area contributed by atoms with Crippen molar-refractivity contribution in [2.75, 3.05) is 7.11 Å². The number of nitrogens with two attached hydrogens (primary N) is 2. The Morgan fingerprint density at radius 3 is 2.43 bits per heavy atom. The molecule has 5 aromatic rings. The summed E-state index contributed by atoms with van der Waals surface area (Å²) in [6.07, 6.45) is 3.55. The van der Waals surface area contributed by atoms with Gasteiger partial charge >= 0.3 is 0 Å². The van der Waals surface area contributed by atoms with E-state index in [0.717, 1.165) is 52.9 Å². The number of carbonyl (C=O) groups excluding carboxylic acids is 1. The second-order valence-electron chi connectivity index (χ2n) is 10.9. The number of ether oxygens (including phenoxy) is 2. The standard InChI is InChI=1S/C34H35N5O3/c1-41-31-8-4-5-9-32(31)42-27-16-21-6-2-3-7-28(21)24(17-27)20-39-29-19-23(33(36)37)11-10-22(29)18-30(39)34(40)38-26-14-12-25(35)13-15-26/h2-11,16-19,25-26H,12-15,20,35H2,1H3,(H3,36,37)(H,38,40)/t25-,26-. The van der Waals surface area contributed by atoms with Crippen LogP contribution in [0.3, 0.4) is 0 Å². The van der Waals surface area contributed by atoms with E-state index < -0.39 is 0 Å². The number of nitrogens with zero attached hydrogens (tertiary/aromatic N) is 1. The molecule has 0 aliphatic heterocycles. The predicted octanol–water partition coefficient (Wildman–Crippen LogP) is 5.93. The summed E-state index contributed by atoms with van der Waals surface area (Å²) in [7, 11) is 1.62. The van der Waals surface area contributed by atoms with Crippen LogP contribution in [0.15, 0.2) is 84.9 Å². The van der Waals surface area contributed by atoms with Crippen molar-refractivity contribution >= 4 is 33.4 Å². The number of benzene rings is 4. The van der Waals surface area contributed by atoms with E-state index in [0.29, 0.717) is 35.1 Å². The van der Waals surface area contributed by atoms with Crippen molar-refractivity contribution in [3.05, 3.63) is 102 Å². The molecule has 0 bridgehead atoms. The van der Waals surface area contributed by atoms with Crippen LogP contribution in [0.25, 0.3) is 21.7 Å². The van der Waals surface area contributed by atoms with E-state index >= 15 is 0 Å². The minimum absolute atomic E-state index is 0.0214. The van der Waals surface area contributed by atoms with Gasteiger partial charge in [0.2, 0.25) is 0 Å². The fourth-order valence-electron chi connectivity index (χ4n) is 5.85. The second-order valence-corrected chi connectivity index (χ2v) is 10.9. The Balaban J connectivity index is 1.43. The summed E-state index contributed by atoms with van der Waals surface area (Å²) in [4.78, 5) is 13.8. The van der Waals surface area contributed by atoms with Crippen molar-refractivity contribution in [3.63, 3.8) is 0 Å². The van der Waals surface area contributed by atoms with Crippen molar-refractivity contribution in [1.29, 1.82) is 5.41 Å². The zero-order valence-corrected chi connectivity index (χ0v) is 23.6. The number of nitrogen functional groups attached to an aromatic ring is 1. The van der Waals surface area contributed by atoms with Crippen LogP contribution >= 0.6 is 0 Å². The molecule has 4 aromatic carbocycles. The summed E-state index contributed by atoms with van der Waals surface area (Å²) in [6.45, 7) is 0.410. The lowest BCUT2D eigenvalue weighted by atomic mass is 9.92. The number of fused-ring (bicyclic) bond motifs is 2. The fraction of sp³-hybridized carbons (Fsp3) is 0.235. The lowest BCUT2D eigenvalue weighted by Crippen LogP contribution is -2.41. The summed E-state index contributed by atoms with van der Waals surface area (Å²) >= 11 is 0. The minimum Gasteiger partial charge on any atom is -0.493 e. The molecule has 6 N–H and O–H groups in total. The summed E-state index contributed by atoms with van der Waals surface area (Å²) in [6, 6.07) is 27.5. The number of amidine groups is 1. The Bertz CT molecular complexity index is 1790. The first-order valence-electron chi connectivity index (χ1n) is 14.3. The Labute approximate surface area is 244 Å². The molecule has 214 valence electrons. The molecule has 8 heteroatoms. The number of methoxy groups -OCH3 is 1. The largest absolute Gasteiger partial charge is 0.493 e. The molecule has 0 atom stereocenters. The SMILES string of the molecule is COc1ccccc1Oc1cc(Cn2c(C(=O)N[C@H]3CC[C@H](N)CC3)cc3ccc(C(=N)N)cc32)c2ccccc2c1. The molecule has 0 saturated heterocycles. The van der Waals surface area contributed by atoms with Crippen LogP contribution in [-0.4, -0.2) is 35.5 Å². The maximum Gasteiger partial charge on any atom is 0.268 e. The van der Waals surface area contributed by atoms with Crippen LogP contribution in [0.2, 0.25) is 0 Å². The molecule has 8 nitrogen and oxygen atoms in total. The van der Waals surface area contributed by atoms with E-state index in [1.54, 1.807) is 7.11 Å². The molecule has 6 rings (SSSR count). The van der Waals surface area contributed by atoms with Gasteiger partial charge in [-0.15, -0.1) is 0 Å². The number of nitrogens with one attached hydrogen (secondary N) is 2. The first-order chi connectivity index (χ1) is 20.4. The van der Waals surface area contributed by atoms with E-state index in [2.05, 4.69) is 17.4 Å². The number of aromatic nitrogens is 1. The highest BCUT2D eigenvalue weighted by Gasteiger charge is 2.24. The monoisotopic (exact) mass is 561 g/mol. The Morgan fingerprint density at radius 1 is 0.929 bits per heavy atom. The van der Waals surface area contributed by atoms with Crippen molar-refractivity contribution in [2.24, 2.45) is 11.5 Å². The molecule has 1 aliphatic carbocycles. The van der Waals surface area contributed by atoms with E-state index in [4.69, 9.17) is 26.4 Å². The van der Waals surface area contributed by atoms with Gasteiger partial charge in [-0.2, -0.15) is 0 Å². The highest BCUT2D eigenvalue weighted by atomic mass is 16.5. The molecular weight excluding hydrogens is 526 g/mol. The van der Waals surface area contributed by atoms with Crippen LogP contribution in [0.1, 0.15) is 47.3 Å². The number of hydrogen-bond donors (Lipinski definition) is 4. The third-order valence-corrected chi connectivity index (χ3v) is 8.10. The maximum atomic E-state index is 13.8. The van der Waals surface area contributed by atoms with E-state index in [1.165, 1.54) is 0 Å². The van der Waals surface area contributed by atoms with E-state index in [1.807, 2.05) is 77.4 Å². The molecule has 42 heavy (non-hydrogen) atoms. The summed E-state index contributed by atoms with van der Waals surface area (Å²) in [5.74, 6) is 1.78. The van der Waals surface area contributed by atoms with Crippen molar-refractivity contribution in [1.82, 2.24) is 9.88 Å². The third kappa shape index (κ3) is 5.53. The topological polar surface area (TPSA) is 128 Å². The average molecular weight is 562 g/mol. The minimum atomic E-state index is -0.123. The number of amides is 1. The van der Waals surface area contributed by atoms with Gasteiger partial charge in [0.05, 0.1) is 7.11 Å². The molecule has 1 fully saturated rings. The molecule has 1 heterocycles. The van der Waals surface area contributed by atoms with Crippen LogP contribution in [0.5, 0.6) is 17.2 Å². The van der Waals surface area contributed by atoms with Gasteiger partial charge in [0.1, 0.15) is 17.3 Å². The average Bonchev–Trinajstić information content (AvgIpc) is 3.36. The van der Waals surface area contributed by atoms with Gasteiger partial charge in [-0.3, -0.25) is 10.2 Å². The summed E-state index contributed by atoms with van der Waals surface area (Å²) in [5, 5.41) is 14.2. The fourth-order valence-corrected chi connectivity index (χ4v) is 5.85. The van der Waals surface area contributed by atoms with Gasteiger partial charge in [-0.1, -0.05) is 48.5 Å². The van der Waals surface area contributed by atoms with Crippen LogP contribution < -0.4 is 26.3 Å². The normalized spacial score (nSPS) is 16.8. The van der Waals surface area contributed by atoms with Crippen molar-refractivity contribution in [2.45, 2.75) is 44.3 Å². The van der Waals surface area contributed by atoms with Gasteiger partial charge in [-0.25, -0.2) is 0 Å². The highest BCUT2D eigenvalue weighted by molar-refractivity contribution is 6.02. The molecule has 1 amide bonds. The van der Waals surface area contributed by atoms with Crippen molar-refractivity contribution < 1.29 is 14.3 Å². The molecule has 1 aromatic heterocycles. The molecule has 0 unspecified atom stereocenters. The Morgan fingerprint density at radius 2 is 1.67 bits per heavy atom. The van der Waals surface area contributed by atoms with Gasteiger partial charge in [0.15, 0.2) is 11.5 Å². The quantitative estimate of drug-likeness (QED) is 0.138. The lowest BCUT2D eigenvalue weighted by molar-refractivity contribution is 0.0917. The molecule has 0 radical (unpaired) electrons. The smallest absolute Gasteiger partial charge is 0.268 e. The second kappa shape index (κ2) is 11.6. The number of para-hydroxylation sites is 2. The van der Waals surface area contributed by atoms with Crippen molar-refractivity contribution in [3.8, 4) is 17.2 Å². The van der Waals surface area contributed by atoms with Crippen LogP contribution in [-0.2, 0) is 6.54 Å². The Kier molecular flexibility index (Phi) is 7.54. The summed E-state index contributed by atoms with van der Waals surface area (Å²) in [5.41, 5.74) is 14.9. The Hall–Kier alpha value is -4.82. The summed E-state index contributed by atoms with van der Waals surface area (Å²) < 4.78 is 13.8. The molecular formula is C34H35N5O3. The maximum absolute atomic E-state index is 13.8. The first-order valence-corrected chi connectivity index (χ1v) is 14.3. The zero-order valence-electron chi connectivity index (χ0n) is 23.6. The van der Waals surface area contributed by atoms with E-state index in [9.17, 15) is 4.79 Å². The molecule has 0 spiro atoms. The van der Waals surface area contributed by atoms with Crippen LogP contribution in [0, 0.1) is 5.41 Å². The van der Waals surface area contributed by atoms with Gasteiger partial charge in [0.25, 0.3) is 5.91 Å². The first kappa shape index (κ1) is 27.4. The molecule has 1 aliphatic rings. The number of carbonyl (C=O) groups is 1. The van der Waals surface area contributed by atoms with E-state index in [-0.39, 0.29) is 23.8 Å². The molecule has 1 saturated carbocycles. The van der Waals surface area contributed by atoms with Gasteiger partial charge < -0.3 is 30.8 Å².